The van der Waals surface area contributed by atoms with E-state index < -0.39 is 0 Å². The predicted molar refractivity (Wildman–Crippen MR) is 103 cm³/mol. The fourth-order valence-corrected chi connectivity index (χ4v) is 3.67. The van der Waals surface area contributed by atoms with Crippen LogP contribution in [-0.4, -0.2) is 24.5 Å². The van der Waals surface area contributed by atoms with Crippen molar-refractivity contribution in [3.05, 3.63) is 75.8 Å². The summed E-state index contributed by atoms with van der Waals surface area (Å²) < 4.78 is 3.29. The summed E-state index contributed by atoms with van der Waals surface area (Å²) >= 11 is 7.64. The van der Waals surface area contributed by atoms with Gasteiger partial charge in [0.05, 0.1) is 17.0 Å². The lowest BCUT2D eigenvalue weighted by molar-refractivity contribution is 0.643. The fourth-order valence-electron chi connectivity index (χ4n) is 2.66. The van der Waals surface area contributed by atoms with Gasteiger partial charge in [-0.05, 0) is 36.8 Å². The first-order valence-electron chi connectivity index (χ1n) is 7.89. The van der Waals surface area contributed by atoms with E-state index >= 15 is 0 Å². The molecule has 0 aliphatic carbocycles. The lowest BCUT2D eigenvalue weighted by atomic mass is 10.2. The summed E-state index contributed by atoms with van der Waals surface area (Å²) in [7, 11) is 0. The number of halogens is 1. The first-order chi connectivity index (χ1) is 12.6. The average molecular weight is 384 g/mol. The highest BCUT2D eigenvalue weighted by Crippen LogP contribution is 2.26. The normalized spacial score (nSPS) is 11.2. The lowest BCUT2D eigenvalue weighted by Gasteiger charge is -2.11. The molecule has 0 N–H and O–H groups in total. The zero-order valence-corrected chi connectivity index (χ0v) is 15.4. The van der Waals surface area contributed by atoms with Crippen molar-refractivity contribution >= 4 is 34.3 Å². The number of fused-ring (bicyclic) bond motifs is 1. The second kappa shape index (κ2) is 6.93. The van der Waals surface area contributed by atoms with E-state index in [4.69, 9.17) is 11.6 Å². The molecular formula is C18H14ClN5OS. The van der Waals surface area contributed by atoms with Crippen molar-refractivity contribution in [1.82, 2.24) is 24.5 Å². The Morgan fingerprint density at radius 1 is 1.15 bits per heavy atom. The number of thioether (sulfide) groups is 1. The van der Waals surface area contributed by atoms with Gasteiger partial charge in [0.25, 0.3) is 5.56 Å². The van der Waals surface area contributed by atoms with Crippen LogP contribution in [0.1, 0.15) is 5.56 Å². The third kappa shape index (κ3) is 3.00. The molecule has 0 amide bonds. The molecule has 0 aliphatic rings. The van der Waals surface area contributed by atoms with E-state index in [-0.39, 0.29) is 5.56 Å². The smallest absolute Gasteiger partial charge is 0.278 e. The number of imidazole rings is 1. The largest absolute Gasteiger partial charge is 0.294 e. The third-order valence-corrected chi connectivity index (χ3v) is 5.39. The van der Waals surface area contributed by atoms with Gasteiger partial charge in [0.15, 0.2) is 5.16 Å². The highest BCUT2D eigenvalue weighted by Gasteiger charge is 2.11. The van der Waals surface area contributed by atoms with Crippen LogP contribution in [0.2, 0.25) is 5.02 Å². The Hall–Kier alpha value is -2.64. The zero-order chi connectivity index (χ0) is 18.1. The van der Waals surface area contributed by atoms with Crippen molar-refractivity contribution in [2.24, 2.45) is 0 Å². The maximum atomic E-state index is 12.5. The number of benzene rings is 2. The fraction of sp³-hybridized carbons (Fsp3) is 0.111. The first-order valence-corrected chi connectivity index (χ1v) is 9.25. The molecule has 2 heterocycles. The van der Waals surface area contributed by atoms with Crippen LogP contribution in [0.5, 0.6) is 0 Å². The molecule has 0 bridgehead atoms. The van der Waals surface area contributed by atoms with Crippen LogP contribution >= 0.6 is 23.4 Å². The Bertz CT molecular complexity index is 1150. The summed E-state index contributed by atoms with van der Waals surface area (Å²) in [4.78, 5) is 16.9. The molecule has 26 heavy (non-hydrogen) atoms. The number of hydrogen-bond acceptors (Lipinski definition) is 5. The zero-order valence-electron chi connectivity index (χ0n) is 13.8. The van der Waals surface area contributed by atoms with Crippen LogP contribution in [0.25, 0.3) is 16.6 Å². The van der Waals surface area contributed by atoms with E-state index in [1.807, 2.05) is 48.0 Å². The molecule has 0 atom stereocenters. The molecule has 130 valence electrons. The molecule has 4 aromatic rings. The summed E-state index contributed by atoms with van der Waals surface area (Å²) in [5.41, 5.74) is 2.35. The van der Waals surface area contributed by atoms with Gasteiger partial charge < -0.3 is 0 Å². The molecule has 2 aromatic carbocycles. The summed E-state index contributed by atoms with van der Waals surface area (Å²) in [6, 6.07) is 12.9. The van der Waals surface area contributed by atoms with Crippen LogP contribution in [0.15, 0.2) is 64.8 Å². The van der Waals surface area contributed by atoms with Crippen LogP contribution < -0.4 is 5.56 Å². The summed E-state index contributed by atoms with van der Waals surface area (Å²) in [6.07, 6.45) is 3.59. The molecule has 2 aromatic heterocycles. The van der Waals surface area contributed by atoms with E-state index in [1.165, 1.54) is 16.4 Å². The average Bonchev–Trinajstić information content (AvgIpc) is 3.12. The maximum absolute atomic E-state index is 12.5. The summed E-state index contributed by atoms with van der Waals surface area (Å²) in [6.45, 7) is 1.96. The molecule has 4 rings (SSSR count). The lowest BCUT2D eigenvalue weighted by Crippen LogP contribution is -2.23. The summed E-state index contributed by atoms with van der Waals surface area (Å²) in [5.74, 6) is 0.313. The molecule has 0 saturated heterocycles. The van der Waals surface area contributed by atoms with Gasteiger partial charge in [-0.15, -0.1) is 5.10 Å². The molecule has 8 heteroatoms. The summed E-state index contributed by atoms with van der Waals surface area (Å²) in [5, 5.41) is 10.1. The monoisotopic (exact) mass is 383 g/mol. The van der Waals surface area contributed by atoms with E-state index in [0.717, 1.165) is 16.4 Å². The minimum Gasteiger partial charge on any atom is -0.294 e. The van der Waals surface area contributed by atoms with E-state index in [9.17, 15) is 4.79 Å². The van der Waals surface area contributed by atoms with Crippen molar-refractivity contribution < 1.29 is 0 Å². The highest BCUT2D eigenvalue weighted by atomic mass is 35.5. The molecule has 0 unspecified atom stereocenters. The molecule has 0 aliphatic heterocycles. The standard InChI is InChI=1S/C18H14ClN5OS/c1-12-14(19)6-4-8-16(12)23-10-9-20-18(23)26-11-24-17(25)13-5-2-3-7-15(13)21-22-24/h2-10H,11H2,1H3. The molecule has 0 spiro atoms. The van der Waals surface area contributed by atoms with Crippen LogP contribution in [0, 0.1) is 6.92 Å². The van der Waals surface area contributed by atoms with Gasteiger partial charge in [-0.3, -0.25) is 9.36 Å². The number of aromatic nitrogens is 5. The van der Waals surface area contributed by atoms with Gasteiger partial charge in [-0.2, -0.15) is 4.68 Å². The Kier molecular flexibility index (Phi) is 4.48. The highest BCUT2D eigenvalue weighted by molar-refractivity contribution is 7.98. The topological polar surface area (TPSA) is 65.6 Å². The van der Waals surface area contributed by atoms with E-state index in [0.29, 0.717) is 21.8 Å². The quantitative estimate of drug-likeness (QED) is 0.503. The Balaban J connectivity index is 1.64. The molecule has 0 fully saturated rings. The Morgan fingerprint density at radius 2 is 2.00 bits per heavy atom. The third-order valence-electron chi connectivity index (χ3n) is 4.05. The van der Waals surface area contributed by atoms with Crippen molar-refractivity contribution in [1.29, 1.82) is 0 Å². The van der Waals surface area contributed by atoms with Gasteiger partial charge in [0.1, 0.15) is 5.52 Å². The van der Waals surface area contributed by atoms with Gasteiger partial charge in [0.2, 0.25) is 0 Å². The van der Waals surface area contributed by atoms with Crippen LogP contribution in [-0.2, 0) is 5.88 Å². The van der Waals surface area contributed by atoms with Crippen molar-refractivity contribution in [2.75, 3.05) is 0 Å². The van der Waals surface area contributed by atoms with Crippen molar-refractivity contribution in [3.63, 3.8) is 0 Å². The number of hydrogen-bond donors (Lipinski definition) is 0. The van der Waals surface area contributed by atoms with Crippen LogP contribution in [0.4, 0.5) is 0 Å². The molecule has 6 nitrogen and oxygen atoms in total. The minimum absolute atomic E-state index is 0.167. The first kappa shape index (κ1) is 16.8. The second-order valence-corrected chi connectivity index (χ2v) is 6.97. The SMILES string of the molecule is Cc1c(Cl)cccc1-n1ccnc1SCn1nnc2ccccc2c1=O. The minimum atomic E-state index is -0.167. The Morgan fingerprint density at radius 3 is 2.88 bits per heavy atom. The number of nitrogens with zero attached hydrogens (tertiary/aromatic N) is 5. The van der Waals surface area contributed by atoms with Gasteiger partial charge in [0, 0.05) is 17.4 Å². The van der Waals surface area contributed by atoms with Crippen LogP contribution in [0.3, 0.4) is 0 Å². The van der Waals surface area contributed by atoms with Crippen molar-refractivity contribution in [3.8, 4) is 5.69 Å². The van der Waals surface area contributed by atoms with E-state index in [2.05, 4.69) is 15.3 Å². The molecular weight excluding hydrogens is 370 g/mol. The van der Waals surface area contributed by atoms with Gasteiger partial charge >= 0.3 is 0 Å². The van der Waals surface area contributed by atoms with E-state index in [1.54, 1.807) is 18.3 Å². The molecule has 0 radical (unpaired) electrons. The maximum Gasteiger partial charge on any atom is 0.278 e. The van der Waals surface area contributed by atoms with Gasteiger partial charge in [-0.1, -0.05) is 46.8 Å². The van der Waals surface area contributed by atoms with Crippen molar-refractivity contribution in [2.45, 2.75) is 18.0 Å². The predicted octanol–water partition coefficient (Wildman–Crippen LogP) is 3.69. The second-order valence-electron chi connectivity index (χ2n) is 5.65. The van der Waals surface area contributed by atoms with Gasteiger partial charge in [-0.25, -0.2) is 4.98 Å². The Labute approximate surface area is 158 Å². The number of rotatable bonds is 4. The molecule has 0 saturated carbocycles.